The van der Waals surface area contributed by atoms with Crippen molar-refractivity contribution in [2.45, 2.75) is 40.1 Å². The van der Waals surface area contributed by atoms with Gasteiger partial charge in [0, 0.05) is 12.6 Å². The quantitative estimate of drug-likeness (QED) is 0.827. The lowest BCUT2D eigenvalue weighted by atomic mass is 10.00. The first-order chi connectivity index (χ1) is 9.67. The van der Waals surface area contributed by atoms with E-state index in [0.29, 0.717) is 24.1 Å². The number of ether oxygens (including phenoxy) is 1. The molecule has 21 heavy (non-hydrogen) atoms. The van der Waals surface area contributed by atoms with E-state index >= 15 is 0 Å². The summed E-state index contributed by atoms with van der Waals surface area (Å²) in [6.45, 7) is 8.93. The van der Waals surface area contributed by atoms with E-state index in [-0.39, 0.29) is 5.75 Å². The Balaban J connectivity index is 2.91. The maximum atomic E-state index is 12.2. The number of halogens is 3. The summed E-state index contributed by atoms with van der Waals surface area (Å²) in [6, 6.07) is 6.37. The summed E-state index contributed by atoms with van der Waals surface area (Å²) in [5.41, 5.74) is 1.83. The lowest BCUT2D eigenvalue weighted by Crippen LogP contribution is -2.26. The third kappa shape index (κ3) is 7.18. The molecule has 1 aromatic rings. The molecule has 0 saturated heterocycles. The zero-order valence-corrected chi connectivity index (χ0v) is 12.8. The maximum absolute atomic E-state index is 12.2. The van der Waals surface area contributed by atoms with Gasteiger partial charge in [-0.2, -0.15) is 0 Å². The fraction of sp³-hybridized carbons (Fsp3) is 0.500. The van der Waals surface area contributed by atoms with E-state index in [1.165, 1.54) is 12.1 Å². The normalized spacial score (nSPS) is 13.1. The Bertz CT molecular complexity index is 479. The van der Waals surface area contributed by atoms with Gasteiger partial charge in [-0.3, -0.25) is 0 Å². The van der Waals surface area contributed by atoms with Gasteiger partial charge in [0.2, 0.25) is 0 Å². The van der Waals surface area contributed by atoms with Crippen LogP contribution in [-0.2, 0) is 0 Å². The third-order valence-electron chi connectivity index (χ3n) is 2.90. The second kappa shape index (κ2) is 7.50. The van der Waals surface area contributed by atoms with E-state index in [4.69, 9.17) is 0 Å². The van der Waals surface area contributed by atoms with Crippen LogP contribution in [0.3, 0.4) is 0 Å². The van der Waals surface area contributed by atoms with Crippen molar-refractivity contribution in [3.05, 3.63) is 35.4 Å². The third-order valence-corrected chi connectivity index (χ3v) is 2.90. The van der Waals surface area contributed by atoms with Gasteiger partial charge in [-0.15, -0.1) is 13.2 Å². The van der Waals surface area contributed by atoms with Crippen molar-refractivity contribution in [3.63, 3.8) is 0 Å². The van der Waals surface area contributed by atoms with Crippen molar-refractivity contribution in [2.24, 2.45) is 5.92 Å². The van der Waals surface area contributed by atoms with Crippen molar-refractivity contribution in [1.29, 1.82) is 0 Å². The van der Waals surface area contributed by atoms with Crippen LogP contribution in [-0.4, -0.2) is 18.9 Å². The highest BCUT2D eigenvalue weighted by Crippen LogP contribution is 2.24. The van der Waals surface area contributed by atoms with Gasteiger partial charge in [0.15, 0.2) is 0 Å². The standard InChI is InChI=1S/C16H22F3NO/c1-11(2)14(10-20-12(3)4)8-13-6-5-7-15(9-13)21-16(17,18)19/h5-9,11-12,20H,10H2,1-4H3/b14-8-. The summed E-state index contributed by atoms with van der Waals surface area (Å²) in [6.07, 6.45) is -2.76. The van der Waals surface area contributed by atoms with E-state index < -0.39 is 6.36 Å². The highest BCUT2D eigenvalue weighted by atomic mass is 19.4. The van der Waals surface area contributed by atoms with Crippen LogP contribution in [0.2, 0.25) is 0 Å². The number of alkyl halides is 3. The van der Waals surface area contributed by atoms with Crippen molar-refractivity contribution < 1.29 is 17.9 Å². The molecule has 1 N–H and O–H groups in total. The molecule has 5 heteroatoms. The Morgan fingerprint density at radius 2 is 1.90 bits per heavy atom. The summed E-state index contributed by atoms with van der Waals surface area (Å²) in [7, 11) is 0. The Morgan fingerprint density at radius 3 is 2.43 bits per heavy atom. The molecule has 0 aliphatic heterocycles. The van der Waals surface area contributed by atoms with Gasteiger partial charge >= 0.3 is 6.36 Å². The Morgan fingerprint density at radius 1 is 1.24 bits per heavy atom. The van der Waals surface area contributed by atoms with Gasteiger partial charge in [0.1, 0.15) is 5.75 Å². The number of hydrogen-bond donors (Lipinski definition) is 1. The Kier molecular flexibility index (Phi) is 6.27. The van der Waals surface area contributed by atoms with Gasteiger partial charge in [-0.1, -0.05) is 51.5 Å². The molecular weight excluding hydrogens is 279 g/mol. The molecule has 0 amide bonds. The summed E-state index contributed by atoms with van der Waals surface area (Å²) >= 11 is 0. The van der Waals surface area contributed by atoms with Gasteiger partial charge < -0.3 is 10.1 Å². The summed E-state index contributed by atoms with van der Waals surface area (Å²) in [4.78, 5) is 0. The first-order valence-electron chi connectivity index (χ1n) is 6.97. The van der Waals surface area contributed by atoms with Crippen LogP contribution in [0.1, 0.15) is 33.3 Å². The molecule has 0 bridgehead atoms. The molecular formula is C16H22F3NO. The van der Waals surface area contributed by atoms with Gasteiger partial charge in [-0.05, 0) is 23.6 Å². The molecule has 2 nitrogen and oxygen atoms in total. The maximum Gasteiger partial charge on any atom is 0.573 e. The van der Waals surface area contributed by atoms with E-state index in [1.54, 1.807) is 12.1 Å². The summed E-state index contributed by atoms with van der Waals surface area (Å²) in [5, 5.41) is 3.32. The molecule has 1 rings (SSSR count). The van der Waals surface area contributed by atoms with Crippen molar-refractivity contribution in [3.8, 4) is 5.75 Å². The summed E-state index contributed by atoms with van der Waals surface area (Å²) in [5.74, 6) is 0.111. The average molecular weight is 301 g/mol. The molecule has 0 heterocycles. The van der Waals surface area contributed by atoms with E-state index in [0.717, 1.165) is 5.57 Å². The topological polar surface area (TPSA) is 21.3 Å². The van der Waals surface area contributed by atoms with Crippen LogP contribution >= 0.6 is 0 Å². The average Bonchev–Trinajstić information content (AvgIpc) is 2.32. The second-order valence-corrected chi connectivity index (χ2v) is 5.53. The Hall–Kier alpha value is -1.49. The van der Waals surface area contributed by atoms with E-state index in [9.17, 15) is 13.2 Å². The molecule has 0 spiro atoms. The first-order valence-corrected chi connectivity index (χ1v) is 6.97. The van der Waals surface area contributed by atoms with Crippen LogP contribution in [0.4, 0.5) is 13.2 Å². The SMILES string of the molecule is CC(C)NC/C(=C/c1cccc(OC(F)(F)F)c1)C(C)C. The van der Waals surface area contributed by atoms with Crippen molar-refractivity contribution in [2.75, 3.05) is 6.54 Å². The minimum atomic E-state index is -4.66. The van der Waals surface area contributed by atoms with Crippen LogP contribution < -0.4 is 10.1 Å². The first kappa shape index (κ1) is 17.6. The van der Waals surface area contributed by atoms with Crippen molar-refractivity contribution in [1.82, 2.24) is 5.32 Å². The molecule has 0 unspecified atom stereocenters. The van der Waals surface area contributed by atoms with Gasteiger partial charge in [0.05, 0.1) is 0 Å². The molecule has 118 valence electrons. The van der Waals surface area contributed by atoms with Gasteiger partial charge in [0.25, 0.3) is 0 Å². The number of hydrogen-bond acceptors (Lipinski definition) is 2. The predicted octanol–water partition coefficient (Wildman–Crippen LogP) is 4.62. The lowest BCUT2D eigenvalue weighted by molar-refractivity contribution is -0.274. The zero-order valence-electron chi connectivity index (χ0n) is 12.8. The minimum Gasteiger partial charge on any atom is -0.406 e. The molecule has 0 aliphatic rings. The molecule has 0 atom stereocenters. The molecule has 1 aromatic carbocycles. The van der Waals surface area contributed by atoms with Crippen LogP contribution in [0, 0.1) is 5.92 Å². The smallest absolute Gasteiger partial charge is 0.406 e. The van der Waals surface area contributed by atoms with Crippen LogP contribution in [0.25, 0.3) is 6.08 Å². The van der Waals surface area contributed by atoms with Crippen LogP contribution in [0.5, 0.6) is 5.75 Å². The highest BCUT2D eigenvalue weighted by molar-refractivity contribution is 5.55. The lowest BCUT2D eigenvalue weighted by Gasteiger charge is -2.15. The molecule has 0 aliphatic carbocycles. The monoisotopic (exact) mass is 301 g/mol. The predicted molar refractivity (Wildman–Crippen MR) is 79.1 cm³/mol. The largest absolute Gasteiger partial charge is 0.573 e. The molecule has 0 saturated carbocycles. The summed E-state index contributed by atoms with van der Waals surface area (Å²) < 4.78 is 40.6. The minimum absolute atomic E-state index is 0.198. The fourth-order valence-corrected chi connectivity index (χ4v) is 1.76. The molecule has 0 aromatic heterocycles. The van der Waals surface area contributed by atoms with E-state index in [2.05, 4.69) is 37.7 Å². The van der Waals surface area contributed by atoms with Gasteiger partial charge in [-0.25, -0.2) is 0 Å². The second-order valence-electron chi connectivity index (χ2n) is 5.53. The molecule has 0 fully saturated rings. The number of benzene rings is 1. The zero-order chi connectivity index (χ0) is 16.0. The number of rotatable bonds is 6. The Labute approximate surface area is 124 Å². The fourth-order valence-electron chi connectivity index (χ4n) is 1.76. The highest BCUT2D eigenvalue weighted by Gasteiger charge is 2.31. The van der Waals surface area contributed by atoms with Crippen LogP contribution in [0.15, 0.2) is 29.8 Å². The van der Waals surface area contributed by atoms with E-state index in [1.807, 2.05) is 6.08 Å². The number of nitrogens with one attached hydrogen (secondary N) is 1. The van der Waals surface area contributed by atoms with Crippen molar-refractivity contribution >= 4 is 6.08 Å². The molecule has 0 radical (unpaired) electrons.